The summed E-state index contributed by atoms with van der Waals surface area (Å²) in [5.74, 6) is 0.213. The number of nitrogens with one attached hydrogen (secondary N) is 1. The summed E-state index contributed by atoms with van der Waals surface area (Å²) in [4.78, 5) is 11.2. The molecule has 4 nitrogen and oxygen atoms in total. The lowest BCUT2D eigenvalue weighted by Crippen LogP contribution is -2.30. The average molecular weight is 247 g/mol. The summed E-state index contributed by atoms with van der Waals surface area (Å²) in [6.07, 6.45) is 4.95. The second-order valence-electron chi connectivity index (χ2n) is 5.18. The molecule has 2 unspecified atom stereocenters. The minimum Gasteiger partial charge on any atom is -0.397 e. The number of benzene rings is 1. The molecular formula is C14H21N3O. The van der Waals surface area contributed by atoms with E-state index >= 15 is 0 Å². The first-order valence-corrected chi connectivity index (χ1v) is 6.54. The van der Waals surface area contributed by atoms with Gasteiger partial charge in [-0.05, 0) is 37.0 Å². The molecule has 5 N–H and O–H groups in total. The van der Waals surface area contributed by atoms with E-state index in [0.29, 0.717) is 23.2 Å². The van der Waals surface area contributed by atoms with Gasteiger partial charge in [0.2, 0.25) is 5.91 Å². The van der Waals surface area contributed by atoms with Crippen LogP contribution in [0.4, 0.5) is 11.4 Å². The van der Waals surface area contributed by atoms with Crippen molar-refractivity contribution in [3.05, 3.63) is 23.8 Å². The predicted molar refractivity (Wildman–Crippen MR) is 74.4 cm³/mol. The smallest absolute Gasteiger partial charge is 0.248 e. The number of carbonyl (C=O) groups is 1. The molecule has 1 aliphatic rings. The summed E-state index contributed by atoms with van der Waals surface area (Å²) in [5.41, 5.74) is 13.2. The Labute approximate surface area is 108 Å². The van der Waals surface area contributed by atoms with E-state index in [2.05, 4.69) is 12.2 Å². The van der Waals surface area contributed by atoms with E-state index < -0.39 is 5.91 Å². The fourth-order valence-electron chi connectivity index (χ4n) is 2.56. The van der Waals surface area contributed by atoms with Crippen LogP contribution in [-0.2, 0) is 0 Å². The number of carbonyl (C=O) groups excluding carboxylic acids is 1. The molecule has 18 heavy (non-hydrogen) atoms. The number of nitrogen functional groups attached to an aromatic ring is 1. The molecule has 0 bridgehead atoms. The van der Waals surface area contributed by atoms with Crippen molar-refractivity contribution in [2.24, 2.45) is 11.7 Å². The molecule has 0 spiro atoms. The van der Waals surface area contributed by atoms with Crippen LogP contribution in [0.5, 0.6) is 0 Å². The van der Waals surface area contributed by atoms with Crippen LogP contribution in [0.3, 0.4) is 0 Å². The molecule has 1 aromatic rings. The second kappa shape index (κ2) is 5.29. The fraction of sp³-hybridized carbons (Fsp3) is 0.500. The summed E-state index contributed by atoms with van der Waals surface area (Å²) in [5, 5.41) is 3.46. The molecule has 0 heterocycles. The van der Waals surface area contributed by atoms with Gasteiger partial charge in [0.1, 0.15) is 0 Å². The molecular weight excluding hydrogens is 226 g/mol. The summed E-state index contributed by atoms with van der Waals surface area (Å²) < 4.78 is 0. The highest BCUT2D eigenvalue weighted by Gasteiger charge is 2.21. The number of nitrogens with two attached hydrogens (primary N) is 2. The quantitative estimate of drug-likeness (QED) is 0.717. The van der Waals surface area contributed by atoms with Crippen molar-refractivity contribution in [1.29, 1.82) is 0 Å². The lowest BCUT2D eigenvalue weighted by Gasteiger charge is -2.30. The molecule has 1 fully saturated rings. The molecule has 0 aliphatic heterocycles. The first-order valence-electron chi connectivity index (χ1n) is 6.54. The molecule has 2 atom stereocenters. The van der Waals surface area contributed by atoms with Gasteiger partial charge in [-0.25, -0.2) is 0 Å². The van der Waals surface area contributed by atoms with Gasteiger partial charge in [-0.15, -0.1) is 0 Å². The number of anilines is 2. The highest BCUT2D eigenvalue weighted by Crippen LogP contribution is 2.29. The second-order valence-corrected chi connectivity index (χ2v) is 5.18. The Morgan fingerprint density at radius 2 is 2.06 bits per heavy atom. The summed E-state index contributed by atoms with van der Waals surface area (Å²) in [7, 11) is 0. The van der Waals surface area contributed by atoms with E-state index in [-0.39, 0.29) is 0 Å². The molecule has 1 aliphatic carbocycles. The largest absolute Gasteiger partial charge is 0.397 e. The zero-order valence-corrected chi connectivity index (χ0v) is 10.8. The van der Waals surface area contributed by atoms with Crippen molar-refractivity contribution < 1.29 is 4.79 Å². The van der Waals surface area contributed by atoms with Crippen LogP contribution in [0.2, 0.25) is 0 Å². The Balaban J connectivity index is 2.17. The van der Waals surface area contributed by atoms with E-state index in [1.54, 1.807) is 18.2 Å². The Bertz CT molecular complexity index is 445. The van der Waals surface area contributed by atoms with Crippen LogP contribution >= 0.6 is 0 Å². The number of hydrogen-bond donors (Lipinski definition) is 3. The number of rotatable bonds is 3. The SMILES string of the molecule is CC1CCCCC1Nc1cc(C(N)=O)ccc1N. The fourth-order valence-corrected chi connectivity index (χ4v) is 2.56. The lowest BCUT2D eigenvalue weighted by atomic mass is 9.86. The van der Waals surface area contributed by atoms with Crippen LogP contribution in [0, 0.1) is 5.92 Å². The number of amides is 1. The summed E-state index contributed by atoms with van der Waals surface area (Å²) in [6.45, 7) is 2.25. The third-order valence-electron chi connectivity index (χ3n) is 3.79. The van der Waals surface area contributed by atoms with Gasteiger partial charge in [0.15, 0.2) is 0 Å². The van der Waals surface area contributed by atoms with Gasteiger partial charge in [-0.2, -0.15) is 0 Å². The first kappa shape index (κ1) is 12.7. The van der Waals surface area contributed by atoms with E-state index in [1.165, 1.54) is 19.3 Å². The Hall–Kier alpha value is -1.71. The Morgan fingerprint density at radius 1 is 1.33 bits per heavy atom. The lowest BCUT2D eigenvalue weighted by molar-refractivity contribution is 0.100. The van der Waals surface area contributed by atoms with Gasteiger partial charge < -0.3 is 16.8 Å². The van der Waals surface area contributed by atoms with Crippen molar-refractivity contribution >= 4 is 17.3 Å². The van der Waals surface area contributed by atoms with Crippen molar-refractivity contribution in [1.82, 2.24) is 0 Å². The third kappa shape index (κ3) is 2.75. The molecule has 98 valence electrons. The summed E-state index contributed by atoms with van der Waals surface area (Å²) in [6, 6.07) is 5.58. The summed E-state index contributed by atoms with van der Waals surface area (Å²) >= 11 is 0. The van der Waals surface area contributed by atoms with Gasteiger partial charge >= 0.3 is 0 Å². The predicted octanol–water partition coefficient (Wildman–Crippen LogP) is 2.36. The monoisotopic (exact) mass is 247 g/mol. The van der Waals surface area contributed by atoms with E-state index in [9.17, 15) is 4.79 Å². The molecule has 1 saturated carbocycles. The highest BCUT2D eigenvalue weighted by molar-refractivity contribution is 5.94. The Kier molecular flexibility index (Phi) is 3.75. The van der Waals surface area contributed by atoms with Crippen molar-refractivity contribution in [3.8, 4) is 0 Å². The molecule has 2 rings (SSSR count). The van der Waals surface area contributed by atoms with Gasteiger partial charge in [0.05, 0.1) is 11.4 Å². The maximum Gasteiger partial charge on any atom is 0.248 e. The molecule has 1 aromatic carbocycles. The third-order valence-corrected chi connectivity index (χ3v) is 3.79. The maximum atomic E-state index is 11.2. The van der Waals surface area contributed by atoms with Crippen molar-refractivity contribution in [2.75, 3.05) is 11.1 Å². The number of hydrogen-bond acceptors (Lipinski definition) is 3. The van der Waals surface area contributed by atoms with Crippen molar-refractivity contribution in [3.63, 3.8) is 0 Å². The topological polar surface area (TPSA) is 81.1 Å². The minimum atomic E-state index is -0.422. The van der Waals surface area contributed by atoms with Gasteiger partial charge in [0, 0.05) is 11.6 Å². The molecule has 1 amide bonds. The van der Waals surface area contributed by atoms with Crippen LogP contribution < -0.4 is 16.8 Å². The van der Waals surface area contributed by atoms with Crippen LogP contribution in [-0.4, -0.2) is 11.9 Å². The first-order chi connectivity index (χ1) is 8.58. The molecule has 4 heteroatoms. The highest BCUT2D eigenvalue weighted by atomic mass is 16.1. The maximum absolute atomic E-state index is 11.2. The number of primary amides is 1. The normalized spacial score (nSPS) is 23.6. The van der Waals surface area contributed by atoms with E-state index in [1.807, 2.05) is 0 Å². The van der Waals surface area contributed by atoms with Crippen LogP contribution in [0.15, 0.2) is 18.2 Å². The zero-order chi connectivity index (χ0) is 13.1. The average Bonchev–Trinajstić information content (AvgIpc) is 2.34. The van der Waals surface area contributed by atoms with Crippen LogP contribution in [0.25, 0.3) is 0 Å². The standard InChI is InChI=1S/C14H21N3O/c1-9-4-2-3-5-12(9)17-13-8-10(14(16)18)6-7-11(13)15/h6-9,12,17H,2-5,15H2,1H3,(H2,16,18). The molecule has 0 aromatic heterocycles. The van der Waals surface area contributed by atoms with Crippen molar-refractivity contribution in [2.45, 2.75) is 38.6 Å². The molecule has 0 saturated heterocycles. The van der Waals surface area contributed by atoms with E-state index in [4.69, 9.17) is 11.5 Å². The zero-order valence-electron chi connectivity index (χ0n) is 10.8. The van der Waals surface area contributed by atoms with Gasteiger partial charge in [-0.3, -0.25) is 4.79 Å². The Morgan fingerprint density at radius 3 is 2.72 bits per heavy atom. The van der Waals surface area contributed by atoms with E-state index in [0.717, 1.165) is 12.1 Å². The minimum absolute atomic E-state index is 0.422. The van der Waals surface area contributed by atoms with Crippen LogP contribution in [0.1, 0.15) is 43.0 Å². The molecule has 0 radical (unpaired) electrons. The van der Waals surface area contributed by atoms with Gasteiger partial charge in [0.25, 0.3) is 0 Å². The van der Waals surface area contributed by atoms with Gasteiger partial charge in [-0.1, -0.05) is 19.8 Å².